The van der Waals surface area contributed by atoms with Crippen LogP contribution in [-0.2, 0) is 0 Å². The Morgan fingerprint density at radius 3 is 2.46 bits per heavy atom. The summed E-state index contributed by atoms with van der Waals surface area (Å²) in [5.74, 6) is -0.362. The Labute approximate surface area is 144 Å². The number of rotatable bonds is 5. The van der Waals surface area contributed by atoms with Gasteiger partial charge >= 0.3 is 0 Å². The van der Waals surface area contributed by atoms with Gasteiger partial charge in [0.15, 0.2) is 5.78 Å². The standard InChI is InChI=1S/C19H18FNO2S/c20-16-8-6-14(7-9-16)18(22)13-21-11-10-17(12-21)24-19(23)15-4-2-1-3-5-15/h1-9,17H,10-13H2. The second-order valence-corrected chi connectivity index (χ2v) is 7.12. The molecule has 2 aromatic rings. The van der Waals surface area contributed by atoms with E-state index in [0.29, 0.717) is 17.7 Å². The van der Waals surface area contributed by atoms with Gasteiger partial charge in [-0.05, 0) is 37.2 Å². The van der Waals surface area contributed by atoms with Gasteiger partial charge in [-0.15, -0.1) is 0 Å². The Morgan fingerprint density at radius 1 is 1.04 bits per heavy atom. The summed E-state index contributed by atoms with van der Waals surface area (Å²) < 4.78 is 12.9. The van der Waals surface area contributed by atoms with Crippen molar-refractivity contribution in [3.05, 3.63) is 71.5 Å². The Kier molecular flexibility index (Phi) is 5.43. The van der Waals surface area contributed by atoms with Crippen molar-refractivity contribution in [3.8, 4) is 0 Å². The summed E-state index contributed by atoms with van der Waals surface area (Å²) in [5.41, 5.74) is 1.23. The minimum atomic E-state index is -0.344. The number of benzene rings is 2. The first kappa shape index (κ1) is 16.9. The molecule has 1 aliphatic heterocycles. The van der Waals surface area contributed by atoms with E-state index >= 15 is 0 Å². The van der Waals surface area contributed by atoms with Gasteiger partial charge in [0.05, 0.1) is 6.54 Å². The highest BCUT2D eigenvalue weighted by molar-refractivity contribution is 8.14. The van der Waals surface area contributed by atoms with Crippen molar-refractivity contribution in [1.29, 1.82) is 0 Å². The zero-order valence-electron chi connectivity index (χ0n) is 13.2. The third-order valence-electron chi connectivity index (χ3n) is 4.05. The summed E-state index contributed by atoms with van der Waals surface area (Å²) in [6.07, 6.45) is 0.889. The molecule has 0 spiro atoms. The summed E-state index contributed by atoms with van der Waals surface area (Å²) >= 11 is 1.35. The molecule has 0 radical (unpaired) electrons. The molecular weight excluding hydrogens is 325 g/mol. The molecule has 0 bridgehead atoms. The summed E-state index contributed by atoms with van der Waals surface area (Å²) in [6, 6.07) is 14.9. The van der Waals surface area contributed by atoms with Gasteiger partial charge in [-0.25, -0.2) is 4.39 Å². The van der Waals surface area contributed by atoms with Crippen LogP contribution in [-0.4, -0.2) is 40.7 Å². The van der Waals surface area contributed by atoms with Crippen LogP contribution in [0.3, 0.4) is 0 Å². The molecule has 0 aliphatic carbocycles. The molecule has 0 aromatic heterocycles. The maximum Gasteiger partial charge on any atom is 0.219 e. The normalized spacial score (nSPS) is 17.8. The van der Waals surface area contributed by atoms with E-state index in [-0.39, 0.29) is 22.0 Å². The van der Waals surface area contributed by atoms with E-state index in [1.54, 1.807) is 0 Å². The predicted molar refractivity (Wildman–Crippen MR) is 93.9 cm³/mol. The number of carbonyl (C=O) groups excluding carboxylic acids is 2. The van der Waals surface area contributed by atoms with E-state index in [4.69, 9.17) is 0 Å². The van der Waals surface area contributed by atoms with Crippen LogP contribution in [0.2, 0.25) is 0 Å². The van der Waals surface area contributed by atoms with E-state index < -0.39 is 0 Å². The maximum atomic E-state index is 12.9. The maximum absolute atomic E-state index is 12.9. The largest absolute Gasteiger partial charge is 0.295 e. The zero-order valence-corrected chi connectivity index (χ0v) is 14.0. The molecule has 0 saturated carbocycles. The van der Waals surface area contributed by atoms with E-state index in [2.05, 4.69) is 4.90 Å². The molecule has 1 aliphatic rings. The molecule has 1 atom stereocenters. The Balaban J connectivity index is 1.51. The van der Waals surface area contributed by atoms with Crippen molar-refractivity contribution in [2.75, 3.05) is 19.6 Å². The smallest absolute Gasteiger partial charge is 0.219 e. The lowest BCUT2D eigenvalue weighted by Gasteiger charge is -2.14. The minimum Gasteiger partial charge on any atom is -0.295 e. The lowest BCUT2D eigenvalue weighted by Crippen LogP contribution is -2.28. The van der Waals surface area contributed by atoms with Crippen LogP contribution in [0, 0.1) is 5.82 Å². The van der Waals surface area contributed by atoms with Crippen LogP contribution < -0.4 is 0 Å². The molecule has 1 heterocycles. The molecular formula is C19H18FNO2S. The molecule has 1 fully saturated rings. The highest BCUT2D eigenvalue weighted by Crippen LogP contribution is 2.26. The molecule has 0 amide bonds. The molecule has 1 saturated heterocycles. The molecule has 3 rings (SSSR count). The van der Waals surface area contributed by atoms with Crippen LogP contribution in [0.5, 0.6) is 0 Å². The van der Waals surface area contributed by atoms with Crippen LogP contribution in [0.15, 0.2) is 54.6 Å². The first-order valence-electron chi connectivity index (χ1n) is 7.89. The lowest BCUT2D eigenvalue weighted by molar-refractivity contribution is 0.0945. The average molecular weight is 343 g/mol. The van der Waals surface area contributed by atoms with Gasteiger partial charge < -0.3 is 0 Å². The van der Waals surface area contributed by atoms with Crippen molar-refractivity contribution < 1.29 is 14.0 Å². The minimum absolute atomic E-state index is 0.0185. The number of hydrogen-bond donors (Lipinski definition) is 0. The first-order valence-corrected chi connectivity index (χ1v) is 8.77. The van der Waals surface area contributed by atoms with Gasteiger partial charge in [0, 0.05) is 22.9 Å². The first-order chi connectivity index (χ1) is 11.6. The van der Waals surface area contributed by atoms with Crippen molar-refractivity contribution in [2.24, 2.45) is 0 Å². The number of Topliss-reactive ketones (excluding diaryl/α,β-unsaturated/α-hetero) is 1. The molecule has 0 N–H and O–H groups in total. The van der Waals surface area contributed by atoms with Gasteiger partial charge in [0.2, 0.25) is 5.12 Å². The van der Waals surface area contributed by atoms with Gasteiger partial charge in [-0.1, -0.05) is 42.1 Å². The number of carbonyl (C=O) groups is 2. The summed E-state index contributed by atoms with van der Waals surface area (Å²) in [5, 5.41) is 0.283. The summed E-state index contributed by atoms with van der Waals surface area (Å²) in [6.45, 7) is 1.82. The average Bonchev–Trinajstić information content (AvgIpc) is 3.03. The molecule has 3 nitrogen and oxygen atoms in total. The third-order valence-corrected chi connectivity index (χ3v) is 5.21. The SMILES string of the molecule is O=C(CN1CCC(SC(=O)c2ccccc2)C1)c1ccc(F)cc1. The Hall–Kier alpha value is -1.98. The monoisotopic (exact) mass is 343 g/mol. The molecule has 2 aromatic carbocycles. The topological polar surface area (TPSA) is 37.4 Å². The van der Waals surface area contributed by atoms with E-state index in [0.717, 1.165) is 19.5 Å². The second-order valence-electron chi connectivity index (χ2n) is 5.85. The number of halogens is 1. The molecule has 124 valence electrons. The fraction of sp³-hybridized carbons (Fsp3) is 0.263. The van der Waals surface area contributed by atoms with Crippen LogP contribution in [0.1, 0.15) is 27.1 Å². The number of thioether (sulfide) groups is 1. The van der Waals surface area contributed by atoms with E-state index in [1.165, 1.54) is 36.0 Å². The number of likely N-dealkylation sites (tertiary alicyclic amines) is 1. The molecule has 5 heteroatoms. The van der Waals surface area contributed by atoms with E-state index in [9.17, 15) is 14.0 Å². The fourth-order valence-electron chi connectivity index (χ4n) is 2.76. The van der Waals surface area contributed by atoms with Crippen molar-refractivity contribution in [3.63, 3.8) is 0 Å². The quantitative estimate of drug-likeness (QED) is 0.777. The second kappa shape index (κ2) is 7.73. The van der Waals surface area contributed by atoms with Crippen LogP contribution >= 0.6 is 11.8 Å². The summed E-state index contributed by atoms with van der Waals surface area (Å²) in [4.78, 5) is 26.5. The van der Waals surface area contributed by atoms with Crippen molar-refractivity contribution in [1.82, 2.24) is 4.90 Å². The van der Waals surface area contributed by atoms with Gasteiger partial charge in [0.1, 0.15) is 5.82 Å². The highest BCUT2D eigenvalue weighted by atomic mass is 32.2. The fourth-order valence-corrected chi connectivity index (χ4v) is 3.84. The van der Waals surface area contributed by atoms with E-state index in [1.807, 2.05) is 30.3 Å². The molecule has 1 unspecified atom stereocenters. The number of nitrogens with zero attached hydrogens (tertiary/aromatic N) is 1. The number of ketones is 1. The van der Waals surface area contributed by atoms with Gasteiger partial charge in [-0.3, -0.25) is 14.5 Å². The molecule has 24 heavy (non-hydrogen) atoms. The van der Waals surface area contributed by atoms with Crippen molar-refractivity contribution in [2.45, 2.75) is 11.7 Å². The Morgan fingerprint density at radius 2 is 1.75 bits per heavy atom. The lowest BCUT2D eigenvalue weighted by atomic mass is 10.1. The zero-order chi connectivity index (χ0) is 16.9. The third kappa shape index (κ3) is 4.30. The Bertz CT molecular complexity index is 718. The number of hydrogen-bond acceptors (Lipinski definition) is 4. The van der Waals surface area contributed by atoms with Crippen LogP contribution in [0.25, 0.3) is 0 Å². The van der Waals surface area contributed by atoms with Gasteiger partial charge in [0.25, 0.3) is 0 Å². The van der Waals surface area contributed by atoms with Crippen molar-refractivity contribution >= 4 is 22.7 Å². The summed E-state index contributed by atoms with van der Waals surface area (Å²) in [7, 11) is 0. The predicted octanol–water partition coefficient (Wildman–Crippen LogP) is 3.66. The highest BCUT2D eigenvalue weighted by Gasteiger charge is 2.27. The van der Waals surface area contributed by atoms with Crippen LogP contribution in [0.4, 0.5) is 4.39 Å². The van der Waals surface area contributed by atoms with Gasteiger partial charge in [-0.2, -0.15) is 0 Å².